The standard InChI is InChI=1S/C10H16O6/c1-10(2)15-7(8(5-11)16-10)3-4-14-6-9(12)13/h5,7-8H,3-4,6H2,1-2H3,(H,12,13)/t7-,8+/m0/s1. The van der Waals surface area contributed by atoms with Crippen LogP contribution in [0.4, 0.5) is 0 Å². The van der Waals surface area contributed by atoms with Gasteiger partial charge in [0.15, 0.2) is 12.1 Å². The molecule has 1 aliphatic rings. The maximum Gasteiger partial charge on any atom is 0.329 e. The summed E-state index contributed by atoms with van der Waals surface area (Å²) in [6, 6.07) is 0. The first-order valence-corrected chi connectivity index (χ1v) is 5.05. The van der Waals surface area contributed by atoms with E-state index in [1.165, 1.54) is 0 Å². The van der Waals surface area contributed by atoms with Gasteiger partial charge < -0.3 is 24.1 Å². The Labute approximate surface area is 93.5 Å². The molecule has 0 radical (unpaired) electrons. The number of rotatable bonds is 6. The summed E-state index contributed by atoms with van der Waals surface area (Å²) in [6.07, 6.45) is 0.140. The summed E-state index contributed by atoms with van der Waals surface area (Å²) >= 11 is 0. The molecule has 0 bridgehead atoms. The van der Waals surface area contributed by atoms with E-state index in [0.717, 1.165) is 0 Å². The van der Waals surface area contributed by atoms with Gasteiger partial charge in [-0.15, -0.1) is 0 Å². The molecule has 0 aromatic heterocycles. The topological polar surface area (TPSA) is 82.1 Å². The molecule has 0 aliphatic carbocycles. The lowest BCUT2D eigenvalue weighted by Crippen LogP contribution is -2.25. The zero-order chi connectivity index (χ0) is 12.2. The predicted molar refractivity (Wildman–Crippen MR) is 53.0 cm³/mol. The van der Waals surface area contributed by atoms with Crippen LogP contribution in [0.5, 0.6) is 0 Å². The average Bonchev–Trinajstić information content (AvgIpc) is 2.48. The van der Waals surface area contributed by atoms with Crippen molar-refractivity contribution in [1.82, 2.24) is 0 Å². The van der Waals surface area contributed by atoms with Gasteiger partial charge in [-0.3, -0.25) is 0 Å². The third-order valence-electron chi connectivity index (χ3n) is 2.13. The third-order valence-corrected chi connectivity index (χ3v) is 2.13. The SMILES string of the molecule is CC1(C)O[C@@H](CCOCC(=O)O)[C@@H](C=O)O1. The van der Waals surface area contributed by atoms with Gasteiger partial charge in [-0.2, -0.15) is 0 Å². The molecule has 1 heterocycles. The van der Waals surface area contributed by atoms with Crippen LogP contribution in [-0.2, 0) is 23.8 Å². The molecule has 0 amide bonds. The van der Waals surface area contributed by atoms with Crippen molar-refractivity contribution in [3.05, 3.63) is 0 Å². The largest absolute Gasteiger partial charge is 0.480 e. The van der Waals surface area contributed by atoms with E-state index in [1.54, 1.807) is 13.8 Å². The summed E-state index contributed by atoms with van der Waals surface area (Å²) in [5.74, 6) is -1.79. The molecular formula is C10H16O6. The van der Waals surface area contributed by atoms with E-state index < -0.39 is 17.9 Å². The molecular weight excluding hydrogens is 216 g/mol. The highest BCUT2D eigenvalue weighted by Gasteiger charge is 2.40. The highest BCUT2D eigenvalue weighted by Crippen LogP contribution is 2.28. The molecule has 1 saturated heterocycles. The first-order valence-electron chi connectivity index (χ1n) is 5.05. The summed E-state index contributed by atoms with van der Waals surface area (Å²) in [5.41, 5.74) is 0. The summed E-state index contributed by atoms with van der Waals surface area (Å²) in [5, 5.41) is 8.35. The highest BCUT2D eigenvalue weighted by molar-refractivity contribution is 5.67. The van der Waals surface area contributed by atoms with Crippen LogP contribution in [-0.4, -0.2) is 48.6 Å². The van der Waals surface area contributed by atoms with Gasteiger partial charge in [0.05, 0.1) is 6.10 Å². The van der Waals surface area contributed by atoms with Crippen LogP contribution >= 0.6 is 0 Å². The number of hydrogen-bond acceptors (Lipinski definition) is 5. The maximum atomic E-state index is 10.7. The molecule has 1 N–H and O–H groups in total. The third kappa shape index (κ3) is 3.88. The van der Waals surface area contributed by atoms with Crippen LogP contribution in [0.15, 0.2) is 0 Å². The smallest absolute Gasteiger partial charge is 0.329 e. The van der Waals surface area contributed by atoms with Crippen molar-refractivity contribution in [3.8, 4) is 0 Å². The first-order chi connectivity index (χ1) is 7.44. The number of carbonyl (C=O) groups excluding carboxylic acids is 1. The second-order valence-electron chi connectivity index (χ2n) is 4.01. The lowest BCUT2D eigenvalue weighted by atomic mass is 10.2. The van der Waals surface area contributed by atoms with Crippen LogP contribution in [0.1, 0.15) is 20.3 Å². The van der Waals surface area contributed by atoms with Crippen LogP contribution in [0.25, 0.3) is 0 Å². The molecule has 1 rings (SSSR count). The number of carbonyl (C=O) groups is 2. The fourth-order valence-electron chi connectivity index (χ4n) is 1.56. The quantitative estimate of drug-likeness (QED) is 0.520. The number of ether oxygens (including phenoxy) is 3. The van der Waals surface area contributed by atoms with Gasteiger partial charge in [0.2, 0.25) is 0 Å². The fraction of sp³-hybridized carbons (Fsp3) is 0.800. The Hall–Kier alpha value is -0.980. The predicted octanol–water partition coefficient (Wildman–Crippen LogP) is 0.197. The molecule has 0 aromatic rings. The van der Waals surface area contributed by atoms with E-state index in [9.17, 15) is 9.59 Å². The van der Waals surface area contributed by atoms with Gasteiger partial charge in [-0.05, 0) is 13.8 Å². The molecule has 1 aliphatic heterocycles. The highest BCUT2D eigenvalue weighted by atomic mass is 16.8. The van der Waals surface area contributed by atoms with Gasteiger partial charge in [-0.25, -0.2) is 4.79 Å². The summed E-state index contributed by atoms with van der Waals surface area (Å²) in [4.78, 5) is 20.9. The average molecular weight is 232 g/mol. The summed E-state index contributed by atoms with van der Waals surface area (Å²) < 4.78 is 15.7. The van der Waals surface area contributed by atoms with Crippen molar-refractivity contribution in [2.24, 2.45) is 0 Å². The molecule has 2 atom stereocenters. The van der Waals surface area contributed by atoms with E-state index in [-0.39, 0.29) is 19.3 Å². The van der Waals surface area contributed by atoms with E-state index in [1.807, 2.05) is 0 Å². The number of carboxylic acid groups (broad SMARTS) is 1. The Balaban J connectivity index is 2.30. The van der Waals surface area contributed by atoms with Gasteiger partial charge in [0.1, 0.15) is 12.7 Å². The van der Waals surface area contributed by atoms with Crippen molar-refractivity contribution >= 4 is 12.3 Å². The molecule has 0 saturated carbocycles. The van der Waals surface area contributed by atoms with Crippen molar-refractivity contribution in [3.63, 3.8) is 0 Å². The Morgan fingerprint density at radius 2 is 2.19 bits per heavy atom. The number of aldehydes is 1. The Bertz CT molecular complexity index is 262. The molecule has 0 spiro atoms. The normalized spacial score (nSPS) is 27.9. The Kier molecular flexibility index (Phi) is 4.40. The van der Waals surface area contributed by atoms with E-state index in [4.69, 9.17) is 19.3 Å². The minimum atomic E-state index is -1.02. The van der Waals surface area contributed by atoms with Crippen molar-refractivity contribution in [2.45, 2.75) is 38.3 Å². The summed E-state index contributed by atoms with van der Waals surface area (Å²) in [6.45, 7) is 3.33. The molecule has 92 valence electrons. The van der Waals surface area contributed by atoms with Crippen LogP contribution in [0.3, 0.4) is 0 Å². The first kappa shape index (κ1) is 13.1. The van der Waals surface area contributed by atoms with Gasteiger partial charge >= 0.3 is 5.97 Å². The molecule has 1 fully saturated rings. The van der Waals surface area contributed by atoms with Gasteiger partial charge in [0.25, 0.3) is 0 Å². The Morgan fingerprint density at radius 1 is 1.50 bits per heavy atom. The van der Waals surface area contributed by atoms with Gasteiger partial charge in [-0.1, -0.05) is 0 Å². The van der Waals surface area contributed by atoms with Crippen LogP contribution in [0.2, 0.25) is 0 Å². The van der Waals surface area contributed by atoms with Crippen LogP contribution in [0, 0.1) is 0 Å². The van der Waals surface area contributed by atoms with E-state index >= 15 is 0 Å². The molecule has 0 aromatic carbocycles. The van der Waals surface area contributed by atoms with Gasteiger partial charge in [0, 0.05) is 13.0 Å². The fourth-order valence-corrected chi connectivity index (χ4v) is 1.56. The van der Waals surface area contributed by atoms with E-state index in [0.29, 0.717) is 12.7 Å². The van der Waals surface area contributed by atoms with Crippen molar-refractivity contribution in [2.75, 3.05) is 13.2 Å². The van der Waals surface area contributed by atoms with E-state index in [2.05, 4.69) is 0 Å². The summed E-state index contributed by atoms with van der Waals surface area (Å²) in [7, 11) is 0. The maximum absolute atomic E-state index is 10.7. The number of hydrogen-bond donors (Lipinski definition) is 1. The second kappa shape index (κ2) is 5.38. The minimum absolute atomic E-state index is 0.223. The van der Waals surface area contributed by atoms with Crippen molar-refractivity contribution in [1.29, 1.82) is 0 Å². The van der Waals surface area contributed by atoms with Crippen LogP contribution < -0.4 is 0 Å². The molecule has 16 heavy (non-hydrogen) atoms. The number of carboxylic acids is 1. The molecule has 6 nitrogen and oxygen atoms in total. The number of aliphatic carboxylic acids is 1. The zero-order valence-corrected chi connectivity index (χ0v) is 9.34. The molecule has 6 heteroatoms. The minimum Gasteiger partial charge on any atom is -0.480 e. The molecule has 0 unspecified atom stereocenters. The van der Waals surface area contributed by atoms with Crippen molar-refractivity contribution < 1.29 is 28.9 Å². The zero-order valence-electron chi connectivity index (χ0n) is 9.34. The monoisotopic (exact) mass is 232 g/mol. The lowest BCUT2D eigenvalue weighted by Gasteiger charge is -2.16. The second-order valence-corrected chi connectivity index (χ2v) is 4.01. The lowest BCUT2D eigenvalue weighted by molar-refractivity contribution is -0.151. The Morgan fingerprint density at radius 3 is 2.75 bits per heavy atom.